The van der Waals surface area contributed by atoms with Gasteiger partial charge >= 0.3 is 0 Å². The highest BCUT2D eigenvalue weighted by Gasteiger charge is 2.20. The maximum atomic E-state index is 13.9. The second-order valence-electron chi connectivity index (χ2n) is 4.60. The van der Waals surface area contributed by atoms with E-state index in [4.69, 9.17) is 11.6 Å². The van der Waals surface area contributed by atoms with Crippen molar-refractivity contribution in [2.75, 3.05) is 12.0 Å². The molecule has 20 heavy (non-hydrogen) atoms. The molecular weight excluding hydrogens is 310 g/mol. The fourth-order valence-electron chi connectivity index (χ4n) is 1.96. The summed E-state index contributed by atoms with van der Waals surface area (Å²) < 4.78 is 51.1. The van der Waals surface area contributed by atoms with E-state index in [1.54, 1.807) is 6.92 Å². The highest BCUT2D eigenvalue weighted by Crippen LogP contribution is 2.27. The fraction of sp³-hybridized carbons (Fsp3) is 0.417. The molecule has 2 rings (SSSR count). The topological polar surface area (TPSA) is 52.0 Å². The lowest BCUT2D eigenvalue weighted by Gasteiger charge is -2.10. The molecule has 0 saturated heterocycles. The van der Waals surface area contributed by atoms with Gasteiger partial charge in [-0.05, 0) is 19.1 Å². The van der Waals surface area contributed by atoms with Crippen LogP contribution in [-0.4, -0.2) is 30.0 Å². The van der Waals surface area contributed by atoms with Gasteiger partial charge in [-0.15, -0.1) is 11.6 Å². The lowest BCUT2D eigenvalue weighted by molar-refractivity contribution is 0.511. The molecule has 0 saturated carbocycles. The summed E-state index contributed by atoms with van der Waals surface area (Å²) in [6.45, 7) is 1.61. The number of hydrogen-bond acceptors (Lipinski definition) is 3. The third kappa shape index (κ3) is 2.93. The summed E-state index contributed by atoms with van der Waals surface area (Å²) in [5, 5.41) is -0.551. The molecule has 1 aromatic carbocycles. The van der Waals surface area contributed by atoms with Crippen LogP contribution in [0.15, 0.2) is 12.1 Å². The number of fused-ring (bicyclic) bond motifs is 1. The second kappa shape index (κ2) is 5.29. The number of alkyl halides is 1. The molecule has 0 aliphatic heterocycles. The first kappa shape index (κ1) is 15.2. The highest BCUT2D eigenvalue weighted by atomic mass is 35.5. The molecule has 1 aromatic heterocycles. The molecule has 0 bridgehead atoms. The van der Waals surface area contributed by atoms with E-state index in [2.05, 4.69) is 4.98 Å². The van der Waals surface area contributed by atoms with Crippen LogP contribution in [0.5, 0.6) is 0 Å². The largest absolute Gasteiger partial charge is 0.323 e. The molecule has 0 radical (unpaired) electrons. The van der Waals surface area contributed by atoms with Crippen LogP contribution in [0.25, 0.3) is 11.0 Å². The van der Waals surface area contributed by atoms with Crippen molar-refractivity contribution in [3.63, 3.8) is 0 Å². The smallest absolute Gasteiger partial charge is 0.184 e. The van der Waals surface area contributed by atoms with Crippen LogP contribution in [0.2, 0.25) is 0 Å². The first-order valence-corrected chi connectivity index (χ1v) is 8.36. The Morgan fingerprint density at radius 2 is 2.05 bits per heavy atom. The molecule has 0 amide bonds. The summed E-state index contributed by atoms with van der Waals surface area (Å²) in [6.07, 6.45) is 1.08. The van der Waals surface area contributed by atoms with Crippen LogP contribution in [0.1, 0.15) is 18.1 Å². The quantitative estimate of drug-likeness (QED) is 0.813. The number of imidazole rings is 1. The van der Waals surface area contributed by atoms with Crippen molar-refractivity contribution in [1.82, 2.24) is 9.55 Å². The number of halogens is 3. The van der Waals surface area contributed by atoms with Gasteiger partial charge < -0.3 is 4.57 Å². The summed E-state index contributed by atoms with van der Waals surface area (Å²) in [6, 6.07) is 2.32. The van der Waals surface area contributed by atoms with Gasteiger partial charge in [0.05, 0.1) is 16.6 Å². The second-order valence-corrected chi connectivity index (χ2v) is 7.51. The van der Waals surface area contributed by atoms with E-state index < -0.39 is 26.8 Å². The Bertz CT molecular complexity index is 756. The molecule has 110 valence electrons. The molecule has 0 aliphatic rings. The predicted octanol–water partition coefficient (Wildman–Crippen LogP) is 2.66. The van der Waals surface area contributed by atoms with E-state index in [9.17, 15) is 17.2 Å². The zero-order valence-electron chi connectivity index (χ0n) is 10.9. The van der Waals surface area contributed by atoms with Crippen molar-refractivity contribution in [2.24, 2.45) is 0 Å². The first-order valence-electron chi connectivity index (χ1n) is 5.86. The van der Waals surface area contributed by atoms with E-state index in [0.717, 1.165) is 12.3 Å². The zero-order valence-corrected chi connectivity index (χ0v) is 12.5. The molecule has 0 N–H and O–H groups in total. The maximum Gasteiger partial charge on any atom is 0.184 e. The number of benzene rings is 1. The number of hydrogen-bond donors (Lipinski definition) is 0. The summed E-state index contributed by atoms with van der Waals surface area (Å²) in [5.74, 6) is -1.95. The Morgan fingerprint density at radius 1 is 1.40 bits per heavy atom. The van der Waals surface area contributed by atoms with Crippen LogP contribution in [0.4, 0.5) is 8.78 Å². The minimum absolute atomic E-state index is 0.0257. The Kier molecular flexibility index (Phi) is 4.02. The SMILES string of the molecule is CC(Cl)c1nc2ccc(F)c(F)c2n1CCS(C)(=O)=O. The molecule has 8 heteroatoms. The van der Waals surface area contributed by atoms with Crippen LogP contribution < -0.4 is 0 Å². The van der Waals surface area contributed by atoms with Crippen molar-refractivity contribution in [3.05, 3.63) is 29.6 Å². The molecule has 1 unspecified atom stereocenters. The molecule has 1 heterocycles. The van der Waals surface area contributed by atoms with Gasteiger partial charge in [-0.2, -0.15) is 0 Å². The van der Waals surface area contributed by atoms with Crippen LogP contribution in [-0.2, 0) is 16.4 Å². The molecule has 2 aromatic rings. The zero-order chi connectivity index (χ0) is 15.1. The van der Waals surface area contributed by atoms with Gasteiger partial charge in [0, 0.05) is 12.8 Å². The third-order valence-electron chi connectivity index (χ3n) is 2.87. The molecule has 4 nitrogen and oxygen atoms in total. The lowest BCUT2D eigenvalue weighted by Crippen LogP contribution is -2.14. The third-order valence-corrected chi connectivity index (χ3v) is 3.99. The van der Waals surface area contributed by atoms with Crippen molar-refractivity contribution in [3.8, 4) is 0 Å². The van der Waals surface area contributed by atoms with Crippen molar-refractivity contribution < 1.29 is 17.2 Å². The van der Waals surface area contributed by atoms with Gasteiger partial charge in [0.15, 0.2) is 11.6 Å². The van der Waals surface area contributed by atoms with Gasteiger partial charge in [-0.3, -0.25) is 0 Å². The summed E-state index contributed by atoms with van der Waals surface area (Å²) in [5.41, 5.74) is 0.191. The number of nitrogens with zero attached hydrogens (tertiary/aromatic N) is 2. The minimum Gasteiger partial charge on any atom is -0.323 e. The monoisotopic (exact) mass is 322 g/mol. The average Bonchev–Trinajstić information content (AvgIpc) is 2.70. The summed E-state index contributed by atoms with van der Waals surface area (Å²) in [4.78, 5) is 4.14. The molecule has 0 spiro atoms. The number of aromatic nitrogens is 2. The minimum atomic E-state index is -3.24. The Morgan fingerprint density at radius 3 is 2.60 bits per heavy atom. The average molecular weight is 323 g/mol. The molecule has 1 atom stereocenters. The number of aryl methyl sites for hydroxylation is 1. The normalized spacial score (nSPS) is 13.8. The fourth-order valence-corrected chi connectivity index (χ4v) is 2.64. The first-order chi connectivity index (χ1) is 9.20. The van der Waals surface area contributed by atoms with E-state index in [1.165, 1.54) is 10.6 Å². The molecule has 0 aliphatic carbocycles. The van der Waals surface area contributed by atoms with Crippen LogP contribution in [0, 0.1) is 11.6 Å². The van der Waals surface area contributed by atoms with E-state index in [1.807, 2.05) is 0 Å². The van der Waals surface area contributed by atoms with Crippen molar-refractivity contribution in [2.45, 2.75) is 18.8 Å². The standard InChI is InChI=1S/C12H13ClF2N2O2S/c1-7(13)12-16-9-4-3-8(14)10(15)11(9)17(12)5-6-20(2,18)19/h3-4,7H,5-6H2,1-2H3. The Balaban J connectivity index is 2.64. The van der Waals surface area contributed by atoms with Crippen molar-refractivity contribution in [1.29, 1.82) is 0 Å². The Hall–Kier alpha value is -1.21. The van der Waals surface area contributed by atoms with Crippen LogP contribution >= 0.6 is 11.6 Å². The summed E-state index contributed by atoms with van der Waals surface area (Å²) in [7, 11) is -3.24. The van der Waals surface area contributed by atoms with E-state index >= 15 is 0 Å². The molecular formula is C12H13ClF2N2O2S. The van der Waals surface area contributed by atoms with Gasteiger partial charge in [0.1, 0.15) is 21.2 Å². The predicted molar refractivity (Wildman–Crippen MR) is 73.6 cm³/mol. The van der Waals surface area contributed by atoms with Crippen molar-refractivity contribution >= 4 is 32.5 Å². The van der Waals surface area contributed by atoms with Gasteiger partial charge in [-0.1, -0.05) is 0 Å². The van der Waals surface area contributed by atoms with Gasteiger partial charge in [-0.25, -0.2) is 22.2 Å². The Labute approximate surface area is 120 Å². The highest BCUT2D eigenvalue weighted by molar-refractivity contribution is 7.90. The number of sulfone groups is 1. The summed E-state index contributed by atoms with van der Waals surface area (Å²) >= 11 is 5.97. The lowest BCUT2D eigenvalue weighted by atomic mass is 10.3. The van der Waals surface area contributed by atoms with Gasteiger partial charge in [0.25, 0.3) is 0 Å². The number of rotatable bonds is 4. The molecule has 0 fully saturated rings. The van der Waals surface area contributed by atoms with E-state index in [0.29, 0.717) is 5.82 Å². The van der Waals surface area contributed by atoms with Crippen LogP contribution in [0.3, 0.4) is 0 Å². The van der Waals surface area contributed by atoms with E-state index in [-0.39, 0.29) is 23.3 Å². The van der Waals surface area contributed by atoms with Gasteiger partial charge in [0.2, 0.25) is 0 Å². The maximum absolute atomic E-state index is 13.9.